The molecule has 0 aliphatic carbocycles. The average molecular weight is 262 g/mol. The number of aryl methyl sites for hydroxylation is 1. The zero-order valence-corrected chi connectivity index (χ0v) is 11.2. The lowest BCUT2D eigenvalue weighted by Gasteiger charge is -1.94. The minimum absolute atomic E-state index is 0.543. The second-order valence-corrected chi connectivity index (χ2v) is 4.57. The molecule has 0 saturated carbocycles. The second kappa shape index (κ2) is 5.53. The highest BCUT2D eigenvalue weighted by Gasteiger charge is 2.06. The molecule has 0 saturated heterocycles. The lowest BCUT2D eigenvalue weighted by molar-refractivity contribution is 0.429. The predicted octanol–water partition coefficient (Wildman–Crippen LogP) is 4.22. The minimum Gasteiger partial charge on any atom is -0.334 e. The van der Waals surface area contributed by atoms with Crippen molar-refractivity contribution in [3.63, 3.8) is 0 Å². The largest absolute Gasteiger partial charge is 0.334 e. The third-order valence-corrected chi connectivity index (χ3v) is 2.93. The summed E-state index contributed by atoms with van der Waals surface area (Å²) in [6, 6.07) is 18.0. The fourth-order valence-corrected chi connectivity index (χ4v) is 1.93. The van der Waals surface area contributed by atoms with Crippen LogP contribution in [-0.2, 0) is 0 Å². The first-order valence-electron chi connectivity index (χ1n) is 6.45. The SMILES string of the molecule is Cc1cccc(-c2nc(/C=C/c3ccccc3)no2)c1. The van der Waals surface area contributed by atoms with Gasteiger partial charge in [-0.05, 0) is 30.7 Å². The maximum atomic E-state index is 5.28. The smallest absolute Gasteiger partial charge is 0.258 e. The van der Waals surface area contributed by atoms with Crippen molar-refractivity contribution in [1.82, 2.24) is 10.1 Å². The lowest BCUT2D eigenvalue weighted by Crippen LogP contribution is -1.79. The first kappa shape index (κ1) is 12.4. The van der Waals surface area contributed by atoms with Crippen molar-refractivity contribution in [3.8, 4) is 11.5 Å². The molecule has 0 atom stereocenters. The Morgan fingerprint density at radius 2 is 1.80 bits per heavy atom. The molecule has 0 amide bonds. The molecular weight excluding hydrogens is 248 g/mol. The van der Waals surface area contributed by atoms with Gasteiger partial charge in [-0.2, -0.15) is 4.98 Å². The predicted molar refractivity (Wildman–Crippen MR) is 79.8 cm³/mol. The molecule has 98 valence electrons. The molecule has 0 N–H and O–H groups in total. The van der Waals surface area contributed by atoms with Crippen LogP contribution in [0.25, 0.3) is 23.6 Å². The molecule has 1 heterocycles. The fraction of sp³-hybridized carbons (Fsp3) is 0.0588. The summed E-state index contributed by atoms with van der Waals surface area (Å²) in [5.41, 5.74) is 3.22. The first-order chi connectivity index (χ1) is 9.81. The quantitative estimate of drug-likeness (QED) is 0.709. The highest BCUT2D eigenvalue weighted by molar-refractivity contribution is 5.67. The standard InChI is InChI=1S/C17H14N2O/c1-13-6-5-9-15(12-13)17-18-16(19-20-17)11-10-14-7-3-2-4-8-14/h2-12H,1H3/b11-10+. The van der Waals surface area contributed by atoms with Gasteiger partial charge in [-0.15, -0.1) is 0 Å². The summed E-state index contributed by atoms with van der Waals surface area (Å²) in [6.07, 6.45) is 3.81. The third-order valence-electron chi connectivity index (χ3n) is 2.93. The minimum atomic E-state index is 0.543. The Hall–Kier alpha value is -2.68. The molecule has 1 aromatic heterocycles. The Labute approximate surface area is 117 Å². The summed E-state index contributed by atoms with van der Waals surface area (Å²) in [5.74, 6) is 1.12. The van der Waals surface area contributed by atoms with Gasteiger partial charge < -0.3 is 4.52 Å². The van der Waals surface area contributed by atoms with Crippen LogP contribution < -0.4 is 0 Å². The summed E-state index contributed by atoms with van der Waals surface area (Å²) in [6.45, 7) is 2.04. The van der Waals surface area contributed by atoms with Gasteiger partial charge in [0.2, 0.25) is 0 Å². The molecule has 20 heavy (non-hydrogen) atoms. The van der Waals surface area contributed by atoms with Crippen molar-refractivity contribution in [3.05, 3.63) is 71.5 Å². The van der Waals surface area contributed by atoms with Gasteiger partial charge in [0, 0.05) is 5.56 Å². The maximum absolute atomic E-state index is 5.28. The van der Waals surface area contributed by atoms with E-state index in [9.17, 15) is 0 Å². The highest BCUT2D eigenvalue weighted by Crippen LogP contribution is 2.18. The summed E-state index contributed by atoms with van der Waals surface area (Å²) in [7, 11) is 0. The lowest BCUT2D eigenvalue weighted by atomic mass is 10.1. The normalized spacial score (nSPS) is 11.1. The number of aromatic nitrogens is 2. The highest BCUT2D eigenvalue weighted by atomic mass is 16.5. The molecule has 0 fully saturated rings. The molecule has 3 rings (SSSR count). The summed E-state index contributed by atoms with van der Waals surface area (Å²) in [5, 5.41) is 3.96. The zero-order chi connectivity index (χ0) is 13.8. The molecule has 2 aromatic carbocycles. The van der Waals surface area contributed by atoms with E-state index in [1.807, 2.05) is 73.7 Å². The Balaban J connectivity index is 1.82. The first-order valence-corrected chi connectivity index (χ1v) is 6.45. The van der Waals surface area contributed by atoms with E-state index in [0.717, 1.165) is 11.1 Å². The van der Waals surface area contributed by atoms with E-state index in [0.29, 0.717) is 11.7 Å². The van der Waals surface area contributed by atoms with Crippen LogP contribution in [0.4, 0.5) is 0 Å². The van der Waals surface area contributed by atoms with Crippen molar-refractivity contribution in [2.24, 2.45) is 0 Å². The molecule has 0 unspecified atom stereocenters. The summed E-state index contributed by atoms with van der Waals surface area (Å²) >= 11 is 0. The van der Waals surface area contributed by atoms with Gasteiger partial charge in [0.25, 0.3) is 5.89 Å². The van der Waals surface area contributed by atoms with Crippen molar-refractivity contribution in [1.29, 1.82) is 0 Å². The molecule has 0 radical (unpaired) electrons. The Kier molecular flexibility index (Phi) is 3.42. The van der Waals surface area contributed by atoms with Gasteiger partial charge >= 0.3 is 0 Å². The summed E-state index contributed by atoms with van der Waals surface area (Å²) < 4.78 is 5.28. The van der Waals surface area contributed by atoms with Crippen LogP contribution in [0.3, 0.4) is 0 Å². The van der Waals surface area contributed by atoms with Crippen molar-refractivity contribution < 1.29 is 4.52 Å². The molecule has 0 spiro atoms. The second-order valence-electron chi connectivity index (χ2n) is 4.57. The van der Waals surface area contributed by atoms with Crippen LogP contribution in [0.1, 0.15) is 17.0 Å². The van der Waals surface area contributed by atoms with Gasteiger partial charge in [0.1, 0.15) is 0 Å². The number of hydrogen-bond donors (Lipinski definition) is 0. The van der Waals surface area contributed by atoms with Crippen LogP contribution in [0, 0.1) is 6.92 Å². The molecule has 0 bridgehead atoms. The van der Waals surface area contributed by atoms with Gasteiger partial charge in [-0.25, -0.2) is 0 Å². The van der Waals surface area contributed by atoms with Crippen LogP contribution >= 0.6 is 0 Å². The zero-order valence-electron chi connectivity index (χ0n) is 11.2. The molecule has 3 heteroatoms. The van der Waals surface area contributed by atoms with Crippen molar-refractivity contribution in [2.75, 3.05) is 0 Å². The monoisotopic (exact) mass is 262 g/mol. The van der Waals surface area contributed by atoms with Crippen LogP contribution in [0.2, 0.25) is 0 Å². The van der Waals surface area contributed by atoms with Gasteiger partial charge in [-0.1, -0.05) is 59.3 Å². The number of nitrogens with zero attached hydrogens (tertiary/aromatic N) is 2. The molecule has 0 aliphatic heterocycles. The van der Waals surface area contributed by atoms with E-state index < -0.39 is 0 Å². The van der Waals surface area contributed by atoms with E-state index in [1.165, 1.54) is 5.56 Å². The van der Waals surface area contributed by atoms with E-state index in [2.05, 4.69) is 10.1 Å². The van der Waals surface area contributed by atoms with E-state index in [4.69, 9.17) is 4.52 Å². The number of benzene rings is 2. The third kappa shape index (κ3) is 2.83. The number of hydrogen-bond acceptors (Lipinski definition) is 3. The van der Waals surface area contributed by atoms with E-state index in [1.54, 1.807) is 0 Å². The van der Waals surface area contributed by atoms with Crippen LogP contribution in [0.5, 0.6) is 0 Å². The topological polar surface area (TPSA) is 38.9 Å². The summed E-state index contributed by atoms with van der Waals surface area (Å²) in [4.78, 5) is 4.37. The van der Waals surface area contributed by atoms with Gasteiger partial charge in [-0.3, -0.25) is 0 Å². The van der Waals surface area contributed by atoms with E-state index >= 15 is 0 Å². The molecule has 3 nitrogen and oxygen atoms in total. The molecule has 3 aromatic rings. The Morgan fingerprint density at radius 3 is 2.60 bits per heavy atom. The number of rotatable bonds is 3. The van der Waals surface area contributed by atoms with E-state index in [-0.39, 0.29) is 0 Å². The van der Waals surface area contributed by atoms with Crippen molar-refractivity contribution >= 4 is 12.2 Å². The maximum Gasteiger partial charge on any atom is 0.258 e. The fourth-order valence-electron chi connectivity index (χ4n) is 1.93. The average Bonchev–Trinajstić information content (AvgIpc) is 2.95. The van der Waals surface area contributed by atoms with Crippen LogP contribution in [0.15, 0.2) is 59.1 Å². The van der Waals surface area contributed by atoms with Gasteiger partial charge in [0.15, 0.2) is 5.82 Å². The van der Waals surface area contributed by atoms with Gasteiger partial charge in [0.05, 0.1) is 0 Å². The van der Waals surface area contributed by atoms with Crippen LogP contribution in [-0.4, -0.2) is 10.1 Å². The molecule has 0 aliphatic rings. The Morgan fingerprint density at radius 1 is 0.950 bits per heavy atom. The van der Waals surface area contributed by atoms with Crippen molar-refractivity contribution in [2.45, 2.75) is 6.92 Å². The molecular formula is C17H14N2O. The Bertz CT molecular complexity index is 730.